The molecular weight excluding hydrogens is 328 g/mol. The van der Waals surface area contributed by atoms with Crippen LogP contribution in [-0.4, -0.2) is 64.7 Å². The molecule has 1 amide bonds. The predicted octanol–water partition coefficient (Wildman–Crippen LogP) is 0.998. The van der Waals surface area contributed by atoms with Crippen molar-refractivity contribution < 1.29 is 13.2 Å². The summed E-state index contributed by atoms with van der Waals surface area (Å²) in [4.78, 5) is 14.1. The van der Waals surface area contributed by atoms with E-state index in [9.17, 15) is 13.2 Å². The first-order valence-electron chi connectivity index (χ1n) is 8.72. The fraction of sp³-hybridized carbons (Fsp3) is 0.750. The van der Waals surface area contributed by atoms with Crippen molar-refractivity contribution in [3.63, 3.8) is 0 Å². The highest BCUT2D eigenvalue weighted by molar-refractivity contribution is 7.89. The van der Waals surface area contributed by atoms with Crippen LogP contribution in [0.4, 0.5) is 0 Å². The van der Waals surface area contributed by atoms with Crippen molar-refractivity contribution in [1.82, 2.24) is 19.0 Å². The van der Waals surface area contributed by atoms with Gasteiger partial charge in [0.25, 0.3) is 0 Å². The molecule has 0 bridgehead atoms. The van der Waals surface area contributed by atoms with Crippen LogP contribution in [0.25, 0.3) is 0 Å². The van der Waals surface area contributed by atoms with Gasteiger partial charge in [0.2, 0.25) is 15.9 Å². The lowest BCUT2D eigenvalue weighted by Gasteiger charge is -2.33. The standard InChI is InChI=1S/C16H26N4O3S/c1-14-12-17-19(13-14)11-6-16(21)18-9-4-15(5-10-18)24(22,23)20-7-2-3-8-20/h12-13,15H,2-11H2,1H3. The molecule has 0 N–H and O–H groups in total. The van der Waals surface area contributed by atoms with Crippen LogP contribution < -0.4 is 0 Å². The first-order chi connectivity index (χ1) is 11.5. The minimum Gasteiger partial charge on any atom is -0.343 e. The third kappa shape index (κ3) is 3.80. The number of piperidine rings is 1. The third-order valence-corrected chi connectivity index (χ3v) is 7.36. The summed E-state index contributed by atoms with van der Waals surface area (Å²) in [5.41, 5.74) is 1.08. The molecule has 7 nitrogen and oxygen atoms in total. The Labute approximate surface area is 143 Å². The monoisotopic (exact) mass is 354 g/mol. The van der Waals surface area contributed by atoms with Crippen LogP contribution in [0.1, 0.15) is 37.7 Å². The minimum absolute atomic E-state index is 0.0835. The number of nitrogens with zero attached hydrogens (tertiary/aromatic N) is 4. The number of carbonyl (C=O) groups excluding carboxylic acids is 1. The van der Waals surface area contributed by atoms with Crippen molar-refractivity contribution in [2.75, 3.05) is 26.2 Å². The summed E-state index contributed by atoms with van der Waals surface area (Å²) in [5, 5.41) is 3.86. The van der Waals surface area contributed by atoms with Crippen molar-refractivity contribution in [3.8, 4) is 0 Å². The first-order valence-corrected chi connectivity index (χ1v) is 10.2. The normalized spacial score (nSPS) is 20.6. The van der Waals surface area contributed by atoms with Crippen molar-refractivity contribution in [1.29, 1.82) is 0 Å². The maximum absolute atomic E-state index is 12.6. The molecule has 3 rings (SSSR count). The van der Waals surface area contributed by atoms with Crippen LogP contribution in [-0.2, 0) is 21.4 Å². The van der Waals surface area contributed by atoms with Gasteiger partial charge in [0.1, 0.15) is 0 Å². The fourth-order valence-corrected chi connectivity index (χ4v) is 5.51. The molecule has 2 aliphatic heterocycles. The van der Waals surface area contributed by atoms with Gasteiger partial charge in [-0.1, -0.05) is 0 Å². The van der Waals surface area contributed by atoms with E-state index in [0.717, 1.165) is 18.4 Å². The van der Waals surface area contributed by atoms with Crippen LogP contribution in [0.3, 0.4) is 0 Å². The molecule has 2 fully saturated rings. The second kappa shape index (κ2) is 7.23. The van der Waals surface area contributed by atoms with Gasteiger partial charge in [-0.25, -0.2) is 12.7 Å². The number of carbonyl (C=O) groups is 1. The lowest BCUT2D eigenvalue weighted by Crippen LogP contribution is -2.46. The average Bonchev–Trinajstić information content (AvgIpc) is 3.24. The van der Waals surface area contributed by atoms with Gasteiger partial charge in [-0.2, -0.15) is 5.10 Å². The van der Waals surface area contributed by atoms with E-state index in [1.54, 1.807) is 20.1 Å². The van der Waals surface area contributed by atoms with E-state index in [2.05, 4.69) is 5.10 Å². The lowest BCUT2D eigenvalue weighted by molar-refractivity contribution is -0.132. The Morgan fingerprint density at radius 1 is 1.21 bits per heavy atom. The summed E-state index contributed by atoms with van der Waals surface area (Å²) in [6.07, 6.45) is 7.12. The summed E-state index contributed by atoms with van der Waals surface area (Å²) in [5.74, 6) is 0.0835. The van der Waals surface area contributed by atoms with E-state index < -0.39 is 10.0 Å². The minimum atomic E-state index is -3.18. The molecule has 24 heavy (non-hydrogen) atoms. The molecule has 1 aromatic rings. The van der Waals surface area contributed by atoms with Gasteiger partial charge in [0, 0.05) is 45.3 Å². The Hall–Kier alpha value is -1.41. The van der Waals surface area contributed by atoms with Crippen LogP contribution in [0.2, 0.25) is 0 Å². The Morgan fingerprint density at radius 2 is 1.88 bits per heavy atom. The van der Waals surface area contributed by atoms with Gasteiger partial charge in [0.15, 0.2) is 0 Å². The maximum atomic E-state index is 12.6. The molecular formula is C16H26N4O3S. The molecule has 3 heterocycles. The van der Waals surface area contributed by atoms with Gasteiger partial charge in [0.05, 0.1) is 11.4 Å². The molecule has 0 spiro atoms. The highest BCUT2D eigenvalue weighted by atomic mass is 32.2. The Balaban J connectivity index is 1.48. The molecule has 2 aliphatic rings. The summed E-state index contributed by atoms with van der Waals surface area (Å²) < 4.78 is 28.6. The number of aromatic nitrogens is 2. The topological polar surface area (TPSA) is 75.5 Å². The summed E-state index contributed by atoms with van der Waals surface area (Å²) >= 11 is 0. The Bertz CT molecular complexity index is 671. The molecule has 0 aliphatic carbocycles. The first kappa shape index (κ1) is 17.4. The zero-order chi connectivity index (χ0) is 17.2. The van der Waals surface area contributed by atoms with Gasteiger partial charge >= 0.3 is 0 Å². The lowest BCUT2D eigenvalue weighted by atomic mass is 10.1. The van der Waals surface area contributed by atoms with E-state index in [-0.39, 0.29) is 11.2 Å². The van der Waals surface area contributed by atoms with Crippen LogP contribution in [0, 0.1) is 6.92 Å². The number of hydrogen-bond donors (Lipinski definition) is 0. The zero-order valence-electron chi connectivity index (χ0n) is 14.2. The number of hydrogen-bond acceptors (Lipinski definition) is 4. The maximum Gasteiger partial charge on any atom is 0.224 e. The SMILES string of the molecule is Cc1cnn(CCC(=O)N2CCC(S(=O)(=O)N3CCCC3)CC2)c1. The predicted molar refractivity (Wildman–Crippen MR) is 90.9 cm³/mol. The molecule has 0 atom stereocenters. The molecule has 1 aromatic heterocycles. The third-order valence-electron chi connectivity index (χ3n) is 4.96. The molecule has 8 heteroatoms. The highest BCUT2D eigenvalue weighted by Crippen LogP contribution is 2.24. The molecule has 134 valence electrons. The van der Waals surface area contributed by atoms with Crippen molar-refractivity contribution >= 4 is 15.9 Å². The van der Waals surface area contributed by atoms with E-state index >= 15 is 0 Å². The summed E-state index contributed by atoms with van der Waals surface area (Å²) in [6.45, 7) is 4.93. The second-order valence-corrected chi connectivity index (χ2v) is 8.98. The Kier molecular flexibility index (Phi) is 5.24. The van der Waals surface area contributed by atoms with Crippen molar-refractivity contribution in [3.05, 3.63) is 18.0 Å². The second-order valence-electron chi connectivity index (χ2n) is 6.76. The van der Waals surface area contributed by atoms with Gasteiger partial charge in [-0.15, -0.1) is 0 Å². The number of sulfonamides is 1. The van der Waals surface area contributed by atoms with E-state index in [0.29, 0.717) is 52.0 Å². The molecule has 0 unspecified atom stereocenters. The molecule has 0 radical (unpaired) electrons. The average molecular weight is 354 g/mol. The zero-order valence-corrected chi connectivity index (χ0v) is 15.0. The summed E-state index contributed by atoms with van der Waals surface area (Å²) in [7, 11) is -3.18. The fourth-order valence-electron chi connectivity index (χ4n) is 3.51. The van der Waals surface area contributed by atoms with E-state index in [4.69, 9.17) is 0 Å². The molecule has 2 saturated heterocycles. The van der Waals surface area contributed by atoms with E-state index in [1.807, 2.05) is 13.1 Å². The van der Waals surface area contributed by atoms with Crippen LogP contribution in [0.15, 0.2) is 12.4 Å². The number of amides is 1. The van der Waals surface area contributed by atoms with Crippen molar-refractivity contribution in [2.45, 2.75) is 50.8 Å². The number of rotatable bonds is 5. The van der Waals surface area contributed by atoms with Crippen molar-refractivity contribution in [2.24, 2.45) is 0 Å². The smallest absolute Gasteiger partial charge is 0.224 e. The highest BCUT2D eigenvalue weighted by Gasteiger charge is 2.36. The van der Waals surface area contributed by atoms with Gasteiger partial charge in [-0.05, 0) is 38.2 Å². The quantitative estimate of drug-likeness (QED) is 0.790. The molecule has 0 saturated carbocycles. The summed E-state index contributed by atoms with van der Waals surface area (Å²) in [6, 6.07) is 0. The number of likely N-dealkylation sites (tertiary alicyclic amines) is 1. The molecule has 0 aromatic carbocycles. The van der Waals surface area contributed by atoms with E-state index in [1.165, 1.54) is 0 Å². The largest absolute Gasteiger partial charge is 0.343 e. The van der Waals surface area contributed by atoms with Gasteiger partial charge < -0.3 is 4.90 Å². The number of aryl methyl sites for hydroxylation is 2. The van der Waals surface area contributed by atoms with Crippen LogP contribution >= 0.6 is 0 Å². The Morgan fingerprint density at radius 3 is 2.46 bits per heavy atom. The van der Waals surface area contributed by atoms with Crippen LogP contribution in [0.5, 0.6) is 0 Å². The van der Waals surface area contributed by atoms with Gasteiger partial charge in [-0.3, -0.25) is 9.48 Å².